The molecule has 0 heterocycles. The number of carbonyl (C=O) groups excluding carboxylic acids is 1. The number of likely N-dealkylation sites (N-methyl/N-ethyl adjacent to an activating group) is 1. The molecule has 0 aliphatic heterocycles. The highest BCUT2D eigenvalue weighted by Crippen LogP contribution is 2.29. The van der Waals surface area contributed by atoms with Crippen LogP contribution in [0.4, 0.5) is 5.69 Å². The van der Waals surface area contributed by atoms with Gasteiger partial charge in [-0.05, 0) is 31.2 Å². The molecule has 0 radical (unpaired) electrons. The molecule has 1 amide bonds. The SMILES string of the molecule is CCN(CC(=O)Nc1cccc(Cl)c1Cl)S(=O)(=O)c1ccc(C)cc1. The summed E-state index contributed by atoms with van der Waals surface area (Å²) >= 11 is 11.9. The van der Waals surface area contributed by atoms with Crippen LogP contribution in [0.25, 0.3) is 0 Å². The highest BCUT2D eigenvalue weighted by Gasteiger charge is 2.25. The molecule has 2 aromatic rings. The predicted molar refractivity (Wildman–Crippen MR) is 101 cm³/mol. The van der Waals surface area contributed by atoms with E-state index in [1.165, 1.54) is 12.1 Å². The van der Waals surface area contributed by atoms with Crippen molar-refractivity contribution in [1.82, 2.24) is 4.31 Å². The second-order valence-electron chi connectivity index (χ2n) is 5.39. The Morgan fingerprint density at radius 3 is 2.36 bits per heavy atom. The molecule has 2 aromatic carbocycles. The number of amides is 1. The van der Waals surface area contributed by atoms with Crippen molar-refractivity contribution in [3.05, 3.63) is 58.1 Å². The first kappa shape index (κ1) is 19.7. The molecule has 0 atom stereocenters. The molecular formula is C17H18Cl2N2O3S. The van der Waals surface area contributed by atoms with Crippen LogP contribution in [0.2, 0.25) is 10.0 Å². The Bertz CT molecular complexity index is 868. The Hall–Kier alpha value is -1.60. The number of benzene rings is 2. The van der Waals surface area contributed by atoms with E-state index in [1.54, 1.807) is 37.3 Å². The summed E-state index contributed by atoms with van der Waals surface area (Å²) in [4.78, 5) is 12.4. The number of sulfonamides is 1. The van der Waals surface area contributed by atoms with Gasteiger partial charge in [0, 0.05) is 6.54 Å². The van der Waals surface area contributed by atoms with Crippen molar-refractivity contribution in [1.29, 1.82) is 0 Å². The molecule has 0 fully saturated rings. The van der Waals surface area contributed by atoms with Gasteiger partial charge in [0.05, 0.1) is 27.2 Å². The lowest BCUT2D eigenvalue weighted by Crippen LogP contribution is -2.37. The van der Waals surface area contributed by atoms with Crippen LogP contribution in [0.1, 0.15) is 12.5 Å². The fourth-order valence-electron chi connectivity index (χ4n) is 2.18. The molecule has 134 valence electrons. The van der Waals surface area contributed by atoms with Crippen LogP contribution in [0.5, 0.6) is 0 Å². The van der Waals surface area contributed by atoms with Gasteiger partial charge in [-0.2, -0.15) is 4.31 Å². The van der Waals surface area contributed by atoms with Crippen molar-refractivity contribution in [3.8, 4) is 0 Å². The average Bonchev–Trinajstić information content (AvgIpc) is 2.57. The zero-order chi connectivity index (χ0) is 18.6. The summed E-state index contributed by atoms with van der Waals surface area (Å²) in [6, 6.07) is 11.3. The molecule has 5 nitrogen and oxygen atoms in total. The number of nitrogens with zero attached hydrogens (tertiary/aromatic N) is 1. The Morgan fingerprint density at radius 1 is 1.12 bits per heavy atom. The summed E-state index contributed by atoms with van der Waals surface area (Å²) in [5.74, 6) is -0.498. The Kier molecular flexibility index (Phi) is 6.46. The van der Waals surface area contributed by atoms with Crippen LogP contribution < -0.4 is 5.32 Å². The summed E-state index contributed by atoms with van der Waals surface area (Å²) < 4.78 is 26.5. The zero-order valence-electron chi connectivity index (χ0n) is 13.8. The van der Waals surface area contributed by atoms with Crippen LogP contribution in [-0.4, -0.2) is 31.7 Å². The fraction of sp³-hybridized carbons (Fsp3) is 0.235. The van der Waals surface area contributed by atoms with Gasteiger partial charge in [-0.15, -0.1) is 0 Å². The van der Waals surface area contributed by atoms with E-state index in [-0.39, 0.29) is 23.0 Å². The maximum Gasteiger partial charge on any atom is 0.243 e. The number of hydrogen-bond donors (Lipinski definition) is 1. The van der Waals surface area contributed by atoms with Crippen LogP contribution in [0.3, 0.4) is 0 Å². The second kappa shape index (κ2) is 8.19. The highest BCUT2D eigenvalue weighted by molar-refractivity contribution is 7.89. The smallest absolute Gasteiger partial charge is 0.243 e. The highest BCUT2D eigenvalue weighted by atomic mass is 35.5. The molecule has 0 bridgehead atoms. The maximum atomic E-state index is 12.7. The van der Waals surface area contributed by atoms with E-state index in [4.69, 9.17) is 23.2 Å². The quantitative estimate of drug-likeness (QED) is 0.797. The van der Waals surface area contributed by atoms with Gasteiger partial charge in [0.1, 0.15) is 0 Å². The third kappa shape index (κ3) is 4.73. The van der Waals surface area contributed by atoms with E-state index >= 15 is 0 Å². The molecule has 0 saturated carbocycles. The lowest BCUT2D eigenvalue weighted by Gasteiger charge is -2.20. The third-order valence-corrected chi connectivity index (χ3v) is 6.31. The fourth-order valence-corrected chi connectivity index (χ4v) is 3.93. The summed E-state index contributed by atoms with van der Waals surface area (Å²) in [6.07, 6.45) is 0. The van der Waals surface area contributed by atoms with Gasteiger partial charge in [-0.1, -0.05) is 53.9 Å². The molecule has 0 spiro atoms. The van der Waals surface area contributed by atoms with Gasteiger partial charge in [-0.3, -0.25) is 4.79 Å². The molecule has 0 aliphatic carbocycles. The van der Waals surface area contributed by atoms with E-state index < -0.39 is 15.9 Å². The van der Waals surface area contributed by atoms with Crippen molar-refractivity contribution in [2.24, 2.45) is 0 Å². The van der Waals surface area contributed by atoms with Crippen LogP contribution in [0.15, 0.2) is 47.4 Å². The van der Waals surface area contributed by atoms with Crippen molar-refractivity contribution in [2.75, 3.05) is 18.4 Å². The van der Waals surface area contributed by atoms with Crippen molar-refractivity contribution in [2.45, 2.75) is 18.7 Å². The molecule has 0 unspecified atom stereocenters. The topological polar surface area (TPSA) is 66.5 Å². The minimum absolute atomic E-state index is 0.147. The normalized spacial score (nSPS) is 11.6. The molecule has 8 heteroatoms. The first-order valence-corrected chi connectivity index (χ1v) is 9.76. The standard InChI is InChI=1S/C17H18Cl2N2O3S/c1-3-21(25(23,24)13-9-7-12(2)8-10-13)11-16(22)20-15-6-4-5-14(18)17(15)19/h4-10H,3,11H2,1-2H3,(H,20,22). The van der Waals surface area contributed by atoms with E-state index in [0.717, 1.165) is 9.87 Å². The summed E-state index contributed by atoms with van der Waals surface area (Å²) in [6.45, 7) is 3.38. The largest absolute Gasteiger partial charge is 0.324 e. The van der Waals surface area contributed by atoms with E-state index in [0.29, 0.717) is 10.7 Å². The number of aryl methyl sites for hydroxylation is 1. The van der Waals surface area contributed by atoms with Gasteiger partial charge in [0.2, 0.25) is 15.9 Å². The number of hydrogen-bond acceptors (Lipinski definition) is 3. The number of rotatable bonds is 6. The first-order valence-electron chi connectivity index (χ1n) is 7.56. The maximum absolute atomic E-state index is 12.7. The molecule has 25 heavy (non-hydrogen) atoms. The van der Waals surface area contributed by atoms with Gasteiger partial charge < -0.3 is 5.32 Å². The Morgan fingerprint density at radius 2 is 1.76 bits per heavy atom. The molecule has 1 N–H and O–H groups in total. The van der Waals surface area contributed by atoms with Crippen molar-refractivity contribution in [3.63, 3.8) is 0 Å². The number of anilines is 1. The molecular weight excluding hydrogens is 383 g/mol. The lowest BCUT2D eigenvalue weighted by molar-refractivity contribution is -0.116. The minimum atomic E-state index is -3.76. The first-order chi connectivity index (χ1) is 11.8. The Labute approximate surface area is 157 Å². The number of nitrogens with one attached hydrogen (secondary N) is 1. The van der Waals surface area contributed by atoms with Gasteiger partial charge in [-0.25, -0.2) is 8.42 Å². The second-order valence-corrected chi connectivity index (χ2v) is 8.12. The van der Waals surface area contributed by atoms with Crippen molar-refractivity contribution >= 4 is 44.8 Å². The Balaban J connectivity index is 2.17. The van der Waals surface area contributed by atoms with Crippen LogP contribution in [-0.2, 0) is 14.8 Å². The van der Waals surface area contributed by atoms with Gasteiger partial charge in [0.15, 0.2) is 0 Å². The minimum Gasteiger partial charge on any atom is -0.324 e. The van der Waals surface area contributed by atoms with Crippen LogP contribution >= 0.6 is 23.2 Å². The summed E-state index contributed by atoms with van der Waals surface area (Å²) in [5, 5.41) is 3.10. The van der Waals surface area contributed by atoms with E-state index in [2.05, 4.69) is 5.32 Å². The van der Waals surface area contributed by atoms with Gasteiger partial charge >= 0.3 is 0 Å². The summed E-state index contributed by atoms with van der Waals surface area (Å²) in [7, 11) is -3.76. The zero-order valence-corrected chi connectivity index (χ0v) is 16.1. The van der Waals surface area contributed by atoms with E-state index in [1.807, 2.05) is 6.92 Å². The number of halogens is 2. The predicted octanol–water partition coefficient (Wildman–Crippen LogP) is 3.95. The average molecular weight is 401 g/mol. The molecule has 0 saturated heterocycles. The third-order valence-electron chi connectivity index (χ3n) is 3.56. The number of carbonyl (C=O) groups is 1. The molecule has 2 rings (SSSR count). The van der Waals surface area contributed by atoms with E-state index in [9.17, 15) is 13.2 Å². The monoisotopic (exact) mass is 400 g/mol. The molecule has 0 aliphatic rings. The van der Waals surface area contributed by atoms with Gasteiger partial charge in [0.25, 0.3) is 0 Å². The molecule has 0 aromatic heterocycles. The van der Waals surface area contributed by atoms with Crippen LogP contribution in [0, 0.1) is 6.92 Å². The van der Waals surface area contributed by atoms with Crippen molar-refractivity contribution < 1.29 is 13.2 Å². The lowest BCUT2D eigenvalue weighted by atomic mass is 10.2. The summed E-state index contributed by atoms with van der Waals surface area (Å²) in [5.41, 5.74) is 1.29.